The van der Waals surface area contributed by atoms with Crippen molar-refractivity contribution >= 4 is 16.9 Å². The molecule has 4 aromatic carbocycles. The van der Waals surface area contributed by atoms with Crippen molar-refractivity contribution in [3.05, 3.63) is 127 Å². The number of aromatic nitrogens is 2. The Morgan fingerprint density at radius 2 is 1.64 bits per heavy atom. The topological polar surface area (TPSA) is 65.4 Å². The van der Waals surface area contributed by atoms with E-state index in [-0.39, 0.29) is 11.9 Å². The van der Waals surface area contributed by atoms with Crippen molar-refractivity contribution in [1.29, 1.82) is 0 Å². The highest BCUT2D eigenvalue weighted by Crippen LogP contribution is 2.29. The monoisotopic (exact) mass is 559 g/mol. The summed E-state index contributed by atoms with van der Waals surface area (Å²) in [5.74, 6) is 2.23. The van der Waals surface area contributed by atoms with Crippen LogP contribution in [0, 0.1) is 0 Å². The maximum atomic E-state index is 13.0. The molecule has 1 atom stereocenters. The van der Waals surface area contributed by atoms with E-state index in [2.05, 4.69) is 46.8 Å². The zero-order valence-corrected chi connectivity index (χ0v) is 24.3. The number of hydrogen-bond acceptors (Lipinski definition) is 4. The number of ether oxygens (including phenoxy) is 2. The van der Waals surface area contributed by atoms with Crippen LogP contribution in [0.3, 0.4) is 0 Å². The fourth-order valence-electron chi connectivity index (χ4n) is 5.18. The Morgan fingerprint density at radius 1 is 0.929 bits per heavy atom. The van der Waals surface area contributed by atoms with Gasteiger partial charge in [0, 0.05) is 6.54 Å². The van der Waals surface area contributed by atoms with E-state index in [4.69, 9.17) is 14.5 Å². The van der Waals surface area contributed by atoms with Crippen LogP contribution in [0.5, 0.6) is 11.5 Å². The van der Waals surface area contributed by atoms with E-state index in [1.807, 2.05) is 79.7 Å². The lowest BCUT2D eigenvalue weighted by atomic mass is 10.0. The second-order valence-corrected chi connectivity index (χ2v) is 10.3. The number of hydrogen-bond donors (Lipinski definition) is 1. The summed E-state index contributed by atoms with van der Waals surface area (Å²) in [4.78, 5) is 17.9. The smallest absolute Gasteiger partial charge is 0.224 e. The Kier molecular flexibility index (Phi) is 9.34. The molecule has 6 nitrogen and oxygen atoms in total. The molecule has 0 radical (unpaired) electrons. The number of aryl methyl sites for hydroxylation is 1. The Labute approximate surface area is 247 Å². The summed E-state index contributed by atoms with van der Waals surface area (Å²) in [5.41, 5.74) is 6.34. The first-order valence-electron chi connectivity index (χ1n) is 14.3. The third-order valence-electron chi connectivity index (χ3n) is 7.27. The van der Waals surface area contributed by atoms with Crippen molar-refractivity contribution in [2.24, 2.45) is 0 Å². The number of methoxy groups -OCH3 is 1. The Bertz CT molecular complexity index is 1640. The summed E-state index contributed by atoms with van der Waals surface area (Å²) in [7, 11) is 1.65. The molecule has 0 aliphatic rings. The average molecular weight is 560 g/mol. The normalized spacial score (nSPS) is 11.7. The lowest BCUT2D eigenvalue weighted by molar-refractivity contribution is -0.121. The zero-order valence-electron chi connectivity index (χ0n) is 24.3. The number of carbonyl (C=O) groups excluding carboxylic acids is 1. The number of amides is 1. The van der Waals surface area contributed by atoms with Crippen molar-refractivity contribution in [2.45, 2.75) is 38.8 Å². The predicted molar refractivity (Wildman–Crippen MR) is 169 cm³/mol. The minimum absolute atomic E-state index is 0.0381. The Hall–Kier alpha value is -4.84. The molecule has 1 heterocycles. The van der Waals surface area contributed by atoms with Crippen LogP contribution in [-0.2, 0) is 24.2 Å². The number of carbonyl (C=O) groups is 1. The van der Waals surface area contributed by atoms with Crippen LogP contribution < -0.4 is 14.8 Å². The predicted octanol–water partition coefficient (Wildman–Crippen LogP) is 7.33. The SMILES string of the molecule is C=CCc1ccc(OCCCn2c(C(C)NC(=O)Cc3ccc(-c4ccccc4)cc3)nc3ccccc32)c(OC)c1. The van der Waals surface area contributed by atoms with E-state index < -0.39 is 0 Å². The summed E-state index contributed by atoms with van der Waals surface area (Å²) in [6.45, 7) is 7.01. The molecule has 0 aliphatic heterocycles. The molecule has 1 aromatic heterocycles. The number of rotatable bonds is 13. The largest absolute Gasteiger partial charge is 0.493 e. The van der Waals surface area contributed by atoms with Crippen LogP contribution in [0.25, 0.3) is 22.2 Å². The Balaban J connectivity index is 1.22. The number of fused-ring (bicyclic) bond motifs is 1. The summed E-state index contributed by atoms with van der Waals surface area (Å²) in [6.07, 6.45) is 3.72. The van der Waals surface area contributed by atoms with Gasteiger partial charge in [-0.3, -0.25) is 4.79 Å². The van der Waals surface area contributed by atoms with Crippen LogP contribution in [0.4, 0.5) is 0 Å². The molecule has 42 heavy (non-hydrogen) atoms. The van der Waals surface area contributed by atoms with E-state index in [0.717, 1.165) is 57.7 Å². The van der Waals surface area contributed by atoms with Gasteiger partial charge in [0.1, 0.15) is 5.82 Å². The molecule has 0 aliphatic carbocycles. The molecule has 1 unspecified atom stereocenters. The van der Waals surface area contributed by atoms with Crippen molar-refractivity contribution in [2.75, 3.05) is 13.7 Å². The summed E-state index contributed by atoms with van der Waals surface area (Å²) in [5, 5.41) is 3.16. The van der Waals surface area contributed by atoms with E-state index in [1.165, 1.54) is 0 Å². The highest BCUT2D eigenvalue weighted by atomic mass is 16.5. The summed E-state index contributed by atoms with van der Waals surface area (Å²) >= 11 is 0. The van der Waals surface area contributed by atoms with Gasteiger partial charge in [-0.15, -0.1) is 6.58 Å². The third-order valence-corrected chi connectivity index (χ3v) is 7.27. The van der Waals surface area contributed by atoms with Crippen LogP contribution in [0.1, 0.15) is 36.3 Å². The van der Waals surface area contributed by atoms with Crippen LogP contribution in [-0.4, -0.2) is 29.2 Å². The molecular weight excluding hydrogens is 522 g/mol. The fourth-order valence-corrected chi connectivity index (χ4v) is 5.18. The van der Waals surface area contributed by atoms with Gasteiger partial charge < -0.3 is 19.4 Å². The summed E-state index contributed by atoms with van der Waals surface area (Å²) < 4.78 is 13.8. The van der Waals surface area contributed by atoms with Crippen molar-refractivity contribution in [3.63, 3.8) is 0 Å². The van der Waals surface area contributed by atoms with Crippen LogP contribution in [0.2, 0.25) is 0 Å². The highest BCUT2D eigenvalue weighted by Gasteiger charge is 2.19. The minimum Gasteiger partial charge on any atom is -0.493 e. The molecule has 0 saturated heterocycles. The van der Waals surface area contributed by atoms with Gasteiger partial charge >= 0.3 is 0 Å². The first kappa shape index (κ1) is 28.7. The molecule has 6 heteroatoms. The van der Waals surface area contributed by atoms with E-state index in [0.29, 0.717) is 25.3 Å². The first-order chi connectivity index (χ1) is 20.6. The fraction of sp³-hybridized carbons (Fsp3) is 0.222. The van der Waals surface area contributed by atoms with Gasteiger partial charge in [0.2, 0.25) is 5.91 Å². The molecule has 0 fully saturated rings. The molecule has 1 amide bonds. The third kappa shape index (κ3) is 6.89. The number of para-hydroxylation sites is 2. The van der Waals surface area contributed by atoms with Crippen molar-refractivity contribution in [1.82, 2.24) is 14.9 Å². The molecular formula is C36H37N3O3. The standard InChI is InChI=1S/C36H37N3O3/c1-4-11-27-18-21-33(34(24-27)41-3)42-23-10-22-39-32-15-9-8-14-31(32)38-36(39)26(2)37-35(40)25-28-16-19-30(20-17-28)29-12-6-5-7-13-29/h4-9,12-21,24,26H,1,10-11,22-23,25H2,2-3H3,(H,37,40). The van der Waals surface area contributed by atoms with Crippen molar-refractivity contribution in [3.8, 4) is 22.6 Å². The van der Waals surface area contributed by atoms with Crippen molar-refractivity contribution < 1.29 is 14.3 Å². The van der Waals surface area contributed by atoms with Gasteiger partial charge in [-0.05, 0) is 66.3 Å². The van der Waals surface area contributed by atoms with E-state index in [1.54, 1.807) is 7.11 Å². The summed E-state index contributed by atoms with van der Waals surface area (Å²) in [6, 6.07) is 32.2. The molecule has 0 saturated carbocycles. The molecule has 5 rings (SSSR count). The number of imidazole rings is 1. The van der Waals surface area contributed by atoms with Crippen LogP contribution >= 0.6 is 0 Å². The van der Waals surface area contributed by atoms with Gasteiger partial charge in [-0.1, -0.05) is 78.9 Å². The molecule has 0 bridgehead atoms. The van der Waals surface area contributed by atoms with Gasteiger partial charge in [0.05, 0.1) is 37.2 Å². The highest BCUT2D eigenvalue weighted by molar-refractivity contribution is 5.80. The molecule has 5 aromatic rings. The lowest BCUT2D eigenvalue weighted by Crippen LogP contribution is -2.30. The number of allylic oxidation sites excluding steroid dienone is 1. The molecule has 1 N–H and O–H groups in total. The molecule has 0 spiro atoms. The minimum atomic E-state index is -0.257. The number of nitrogens with zero attached hydrogens (tertiary/aromatic N) is 2. The second kappa shape index (κ2) is 13.7. The number of benzene rings is 4. The molecule has 214 valence electrons. The van der Waals surface area contributed by atoms with Gasteiger partial charge in [-0.2, -0.15) is 0 Å². The van der Waals surface area contributed by atoms with Gasteiger partial charge in [0.25, 0.3) is 0 Å². The van der Waals surface area contributed by atoms with Gasteiger partial charge in [-0.25, -0.2) is 4.98 Å². The maximum absolute atomic E-state index is 13.0. The number of nitrogens with one attached hydrogen (secondary N) is 1. The van der Waals surface area contributed by atoms with E-state index in [9.17, 15) is 4.79 Å². The van der Waals surface area contributed by atoms with E-state index >= 15 is 0 Å². The maximum Gasteiger partial charge on any atom is 0.224 e. The lowest BCUT2D eigenvalue weighted by Gasteiger charge is -2.17. The zero-order chi connectivity index (χ0) is 29.3. The first-order valence-corrected chi connectivity index (χ1v) is 14.3. The average Bonchev–Trinajstić information content (AvgIpc) is 3.39. The van der Waals surface area contributed by atoms with Gasteiger partial charge in [0.15, 0.2) is 11.5 Å². The quantitative estimate of drug-likeness (QED) is 0.121. The second-order valence-electron chi connectivity index (χ2n) is 10.3. The van der Waals surface area contributed by atoms with Crippen LogP contribution in [0.15, 0.2) is 110 Å². The Morgan fingerprint density at radius 3 is 2.40 bits per heavy atom.